The van der Waals surface area contributed by atoms with Crippen LogP contribution in [0.5, 0.6) is 0 Å². The fourth-order valence-electron chi connectivity index (χ4n) is 8.85. The van der Waals surface area contributed by atoms with E-state index in [-0.39, 0.29) is 28.4 Å². The van der Waals surface area contributed by atoms with Gasteiger partial charge in [0, 0.05) is 39.4 Å². The molecule has 0 N–H and O–H groups in total. The molecule has 3 heterocycles. The third-order valence-corrected chi connectivity index (χ3v) is 12.1. The van der Waals surface area contributed by atoms with E-state index in [4.69, 9.17) is 4.42 Å². The summed E-state index contributed by atoms with van der Waals surface area (Å²) in [5.41, 5.74) is 16.4. The van der Waals surface area contributed by atoms with Gasteiger partial charge in [-0.2, -0.15) is 0 Å². The summed E-state index contributed by atoms with van der Waals surface area (Å²) in [4.78, 5) is 5.06. The maximum absolute atomic E-state index is 7.46. The van der Waals surface area contributed by atoms with Gasteiger partial charge in [0.15, 0.2) is 0 Å². The van der Waals surface area contributed by atoms with Crippen molar-refractivity contribution < 1.29 is 4.42 Å². The molecule has 0 unspecified atom stereocenters. The second-order valence-electron chi connectivity index (χ2n) is 19.2. The Morgan fingerprint density at radius 3 is 1.80 bits per heavy atom. The molecule has 0 spiro atoms. The van der Waals surface area contributed by atoms with Crippen LogP contribution in [0.4, 0.5) is 34.1 Å². The zero-order chi connectivity index (χ0) is 36.4. The van der Waals surface area contributed by atoms with Crippen LogP contribution in [0, 0.1) is 0 Å². The highest BCUT2D eigenvalue weighted by molar-refractivity contribution is 6.99. The van der Waals surface area contributed by atoms with E-state index in [0.29, 0.717) is 5.92 Å². The average Bonchev–Trinajstić information content (AvgIpc) is 3.49. The maximum atomic E-state index is 7.46. The van der Waals surface area contributed by atoms with Crippen LogP contribution >= 0.6 is 0 Å². The number of hydrogen-bond donors (Lipinski definition) is 0. The van der Waals surface area contributed by atoms with Gasteiger partial charge < -0.3 is 14.2 Å². The smallest absolute Gasteiger partial charge is 0.297 e. The number of furan rings is 1. The highest BCUT2D eigenvalue weighted by Crippen LogP contribution is 2.54. The van der Waals surface area contributed by atoms with E-state index in [1.54, 1.807) is 0 Å². The van der Waals surface area contributed by atoms with Crippen molar-refractivity contribution in [3.8, 4) is 0 Å². The molecular formula is C47H55BN2O. The summed E-state index contributed by atoms with van der Waals surface area (Å²) in [7, 11) is 0. The van der Waals surface area contributed by atoms with Gasteiger partial charge in [-0.05, 0) is 105 Å². The number of fused-ring (bicyclic) bond motifs is 6. The van der Waals surface area contributed by atoms with Crippen molar-refractivity contribution in [1.29, 1.82) is 0 Å². The molecule has 1 aliphatic carbocycles. The molecule has 4 aromatic carbocycles. The molecule has 262 valence electrons. The molecule has 2 aliphatic heterocycles. The van der Waals surface area contributed by atoms with Crippen molar-refractivity contribution in [1.82, 2.24) is 0 Å². The molecule has 0 saturated heterocycles. The second-order valence-corrected chi connectivity index (χ2v) is 19.2. The summed E-state index contributed by atoms with van der Waals surface area (Å²) >= 11 is 0. The van der Waals surface area contributed by atoms with Crippen molar-refractivity contribution in [3.63, 3.8) is 0 Å². The Morgan fingerprint density at radius 1 is 0.647 bits per heavy atom. The molecule has 3 aliphatic rings. The molecule has 1 aromatic heterocycles. The Kier molecular flexibility index (Phi) is 7.43. The lowest BCUT2D eigenvalue weighted by atomic mass is 9.35. The first-order valence-electron chi connectivity index (χ1n) is 19.1. The van der Waals surface area contributed by atoms with Crippen molar-refractivity contribution >= 4 is 57.4 Å². The predicted octanol–water partition coefficient (Wildman–Crippen LogP) is 11.4. The Balaban J connectivity index is 1.47. The summed E-state index contributed by atoms with van der Waals surface area (Å²) in [6.45, 7) is 28.0. The zero-order valence-electron chi connectivity index (χ0n) is 33.0. The molecule has 0 atom stereocenters. The third kappa shape index (κ3) is 5.22. The van der Waals surface area contributed by atoms with Gasteiger partial charge in [-0.15, -0.1) is 0 Å². The molecule has 0 radical (unpaired) electrons. The minimum Gasteiger partial charge on any atom is -0.472 e. The van der Waals surface area contributed by atoms with E-state index in [1.165, 1.54) is 67.3 Å². The lowest BCUT2D eigenvalue weighted by molar-refractivity contribution is 0.282. The first kappa shape index (κ1) is 33.9. The first-order chi connectivity index (χ1) is 23.9. The summed E-state index contributed by atoms with van der Waals surface area (Å²) in [6.07, 6.45) is 2.23. The summed E-state index contributed by atoms with van der Waals surface area (Å²) < 4.78 is 7.46. The van der Waals surface area contributed by atoms with Crippen LogP contribution in [-0.2, 0) is 21.7 Å². The molecule has 3 nitrogen and oxygen atoms in total. The van der Waals surface area contributed by atoms with Crippen LogP contribution < -0.4 is 26.4 Å². The monoisotopic (exact) mass is 674 g/mol. The number of benzene rings is 4. The van der Waals surface area contributed by atoms with Gasteiger partial charge in [0.1, 0.15) is 5.76 Å². The predicted molar refractivity (Wildman–Crippen MR) is 220 cm³/mol. The van der Waals surface area contributed by atoms with Crippen molar-refractivity contribution in [2.24, 2.45) is 0 Å². The van der Waals surface area contributed by atoms with Crippen LogP contribution in [0.15, 0.2) is 89.3 Å². The minimum atomic E-state index is -0.0616. The topological polar surface area (TPSA) is 19.6 Å². The molecule has 51 heavy (non-hydrogen) atoms. The van der Waals surface area contributed by atoms with E-state index in [0.717, 1.165) is 24.3 Å². The molecular weight excluding hydrogens is 619 g/mol. The SMILES string of the molecule is CC(C)c1ccc(N2c3ccc(C(C)(C)C)cc3B3c4oc5c(c4N(c4ccc(C(C)(C)C)cc4)c4cccc2c43)C(C)(C)CCC5(C)C)cc1. The minimum absolute atomic E-state index is 0.00326. The number of hydrogen-bond acceptors (Lipinski definition) is 3. The summed E-state index contributed by atoms with van der Waals surface area (Å²) in [6, 6.07) is 32.7. The van der Waals surface area contributed by atoms with Crippen LogP contribution in [0.2, 0.25) is 0 Å². The highest BCUT2D eigenvalue weighted by Gasteiger charge is 2.52. The lowest BCUT2D eigenvalue weighted by Gasteiger charge is -2.44. The van der Waals surface area contributed by atoms with E-state index in [1.807, 2.05) is 0 Å². The molecule has 8 rings (SSSR count). The quantitative estimate of drug-likeness (QED) is 0.174. The van der Waals surface area contributed by atoms with Gasteiger partial charge in [-0.1, -0.05) is 126 Å². The van der Waals surface area contributed by atoms with Gasteiger partial charge in [0.25, 0.3) is 6.71 Å². The second kappa shape index (κ2) is 11.2. The van der Waals surface area contributed by atoms with Gasteiger partial charge in [-0.3, -0.25) is 0 Å². The van der Waals surface area contributed by atoms with Crippen LogP contribution in [0.25, 0.3) is 0 Å². The zero-order valence-corrected chi connectivity index (χ0v) is 33.0. The molecule has 5 aromatic rings. The maximum Gasteiger partial charge on any atom is 0.297 e. The standard InChI is InChI=1S/C47H55BN2O/c1-29(2)30-16-21-33(22-17-30)49-36-25-20-32(45(6,7)8)28-35(36)48-40-37(49)14-13-15-38(40)50(34-23-18-31(19-24-34)44(3,4)5)41-39-42(51-43(41)48)47(11,12)27-26-46(39,9)10/h13-25,28-29H,26-27H2,1-12H3. The van der Waals surface area contributed by atoms with Crippen molar-refractivity contribution in [2.75, 3.05) is 9.80 Å². The van der Waals surface area contributed by atoms with Gasteiger partial charge in [0.2, 0.25) is 0 Å². The first-order valence-corrected chi connectivity index (χ1v) is 19.1. The molecule has 0 fully saturated rings. The van der Waals surface area contributed by atoms with E-state index >= 15 is 0 Å². The molecule has 0 bridgehead atoms. The average molecular weight is 675 g/mol. The van der Waals surface area contributed by atoms with Crippen molar-refractivity contribution in [3.05, 3.63) is 113 Å². The molecule has 0 saturated carbocycles. The fraction of sp³-hybridized carbons (Fsp3) is 0.404. The van der Waals surface area contributed by atoms with Crippen molar-refractivity contribution in [2.45, 2.75) is 124 Å². The third-order valence-electron chi connectivity index (χ3n) is 12.1. The normalized spacial score (nSPS) is 17.2. The molecule has 4 heteroatoms. The van der Waals surface area contributed by atoms with E-state index in [2.05, 4.69) is 178 Å². The van der Waals surface area contributed by atoms with Gasteiger partial charge in [-0.25, -0.2) is 0 Å². The van der Waals surface area contributed by atoms with Crippen LogP contribution in [-0.4, -0.2) is 6.71 Å². The van der Waals surface area contributed by atoms with Gasteiger partial charge >= 0.3 is 0 Å². The van der Waals surface area contributed by atoms with Crippen LogP contribution in [0.1, 0.15) is 130 Å². The molecule has 0 amide bonds. The number of nitrogens with zero attached hydrogens (tertiary/aromatic N) is 2. The highest BCUT2D eigenvalue weighted by atomic mass is 16.3. The Morgan fingerprint density at radius 2 is 1.20 bits per heavy atom. The Labute approximate surface area is 307 Å². The van der Waals surface area contributed by atoms with Gasteiger partial charge in [0.05, 0.1) is 11.3 Å². The number of anilines is 6. The largest absolute Gasteiger partial charge is 0.472 e. The van der Waals surface area contributed by atoms with Crippen LogP contribution in [0.3, 0.4) is 0 Å². The fourth-order valence-corrected chi connectivity index (χ4v) is 8.85. The Hall–Kier alpha value is -4.18. The van der Waals surface area contributed by atoms with E-state index in [9.17, 15) is 0 Å². The lowest BCUT2D eigenvalue weighted by Crippen LogP contribution is -2.61. The Bertz CT molecular complexity index is 2150. The summed E-state index contributed by atoms with van der Waals surface area (Å²) in [5.74, 6) is 1.64. The number of rotatable bonds is 3. The summed E-state index contributed by atoms with van der Waals surface area (Å²) in [5, 5.41) is 0. The van der Waals surface area contributed by atoms with E-state index < -0.39 is 0 Å².